The Balaban J connectivity index is 2.06. The summed E-state index contributed by atoms with van der Waals surface area (Å²) < 4.78 is 27.3. The summed E-state index contributed by atoms with van der Waals surface area (Å²) in [6.07, 6.45) is 1.98. The van der Waals surface area contributed by atoms with Gasteiger partial charge in [0.2, 0.25) is 10.0 Å². The number of aliphatic hydroxyl groups excluding tert-OH is 1. The molecule has 0 aromatic heterocycles. The van der Waals surface area contributed by atoms with Gasteiger partial charge in [0.25, 0.3) is 0 Å². The third-order valence-electron chi connectivity index (χ3n) is 4.26. The molecule has 0 aliphatic carbocycles. The van der Waals surface area contributed by atoms with Gasteiger partial charge in [-0.2, -0.15) is 9.57 Å². The highest BCUT2D eigenvalue weighted by atomic mass is 35.5. The molecule has 5 nitrogen and oxygen atoms in total. The molecule has 0 saturated carbocycles. The lowest BCUT2D eigenvalue weighted by Gasteiger charge is -2.36. The second kappa shape index (κ2) is 5.25. The van der Waals surface area contributed by atoms with Crippen LogP contribution in [-0.2, 0) is 10.0 Å². The summed E-state index contributed by atoms with van der Waals surface area (Å²) in [5.41, 5.74) is 0.102. The first kappa shape index (κ1) is 14.8. The largest absolute Gasteiger partial charge is 0.393 e. The number of rotatable bonds is 2. The van der Waals surface area contributed by atoms with E-state index in [4.69, 9.17) is 16.9 Å². The van der Waals surface area contributed by atoms with E-state index in [1.807, 2.05) is 6.07 Å². The fraction of sp³-hybridized carbons (Fsp3) is 0.500. The molecule has 2 aliphatic heterocycles. The number of nitrogens with zero attached hydrogens (tertiary/aromatic N) is 2. The van der Waals surface area contributed by atoms with E-state index in [0.717, 1.165) is 12.8 Å². The van der Waals surface area contributed by atoms with Gasteiger partial charge in [0, 0.05) is 17.1 Å². The van der Waals surface area contributed by atoms with Gasteiger partial charge < -0.3 is 5.11 Å². The molecule has 7 heteroatoms. The van der Waals surface area contributed by atoms with Crippen molar-refractivity contribution in [3.8, 4) is 6.07 Å². The van der Waals surface area contributed by atoms with Crippen molar-refractivity contribution in [2.75, 3.05) is 0 Å². The Morgan fingerprint density at radius 3 is 2.48 bits per heavy atom. The van der Waals surface area contributed by atoms with E-state index in [-0.39, 0.29) is 27.6 Å². The molecule has 112 valence electrons. The van der Waals surface area contributed by atoms with E-state index < -0.39 is 16.1 Å². The van der Waals surface area contributed by atoms with E-state index in [0.29, 0.717) is 12.8 Å². The van der Waals surface area contributed by atoms with E-state index in [2.05, 4.69) is 0 Å². The predicted molar refractivity (Wildman–Crippen MR) is 77.2 cm³/mol. The lowest BCUT2D eigenvalue weighted by molar-refractivity contribution is 0.0768. The molecule has 1 N–H and O–H groups in total. The molecule has 2 fully saturated rings. The Labute approximate surface area is 128 Å². The second-order valence-corrected chi connectivity index (χ2v) is 7.85. The highest BCUT2D eigenvalue weighted by Crippen LogP contribution is 2.40. The van der Waals surface area contributed by atoms with Gasteiger partial charge in [-0.05, 0) is 43.9 Å². The standard InChI is InChI=1S/C14H15ClN2O3S/c15-10-2-1-9(8-16)14(5-10)21(19,20)17-11-3-4-12(17)7-13(18)6-11/h1-2,5,11-13,18H,3-4,6-7H2. The minimum absolute atomic E-state index is 0.0363. The van der Waals surface area contributed by atoms with Gasteiger partial charge in [0.1, 0.15) is 11.0 Å². The van der Waals surface area contributed by atoms with Crippen LogP contribution in [0.2, 0.25) is 5.02 Å². The Kier molecular flexibility index (Phi) is 3.70. The molecule has 2 unspecified atom stereocenters. The molecule has 0 amide bonds. The minimum Gasteiger partial charge on any atom is -0.393 e. The Morgan fingerprint density at radius 2 is 1.90 bits per heavy atom. The number of halogens is 1. The van der Waals surface area contributed by atoms with Crippen molar-refractivity contribution in [1.29, 1.82) is 5.26 Å². The highest BCUT2D eigenvalue weighted by Gasteiger charge is 2.47. The van der Waals surface area contributed by atoms with Gasteiger partial charge in [-0.25, -0.2) is 8.42 Å². The molecule has 2 bridgehead atoms. The van der Waals surface area contributed by atoms with Crippen LogP contribution in [0.3, 0.4) is 0 Å². The van der Waals surface area contributed by atoms with Crippen LogP contribution < -0.4 is 0 Å². The number of hydrogen-bond acceptors (Lipinski definition) is 4. The van der Waals surface area contributed by atoms with E-state index in [1.54, 1.807) is 0 Å². The zero-order valence-corrected chi connectivity index (χ0v) is 12.8. The van der Waals surface area contributed by atoms with Crippen LogP contribution in [-0.4, -0.2) is 36.0 Å². The summed E-state index contributed by atoms with van der Waals surface area (Å²) in [5, 5.41) is 19.2. The van der Waals surface area contributed by atoms with E-state index in [1.165, 1.54) is 22.5 Å². The molecular formula is C14H15ClN2O3S. The monoisotopic (exact) mass is 326 g/mol. The topological polar surface area (TPSA) is 81.4 Å². The molecule has 2 saturated heterocycles. The van der Waals surface area contributed by atoms with Crippen LogP contribution >= 0.6 is 11.6 Å². The second-order valence-electron chi connectivity index (χ2n) is 5.60. The third kappa shape index (κ3) is 2.44. The number of nitriles is 1. The van der Waals surface area contributed by atoms with Crippen LogP contribution in [0.15, 0.2) is 23.1 Å². The summed E-state index contributed by atoms with van der Waals surface area (Å²) >= 11 is 5.90. The molecule has 2 aliphatic rings. The first-order valence-corrected chi connectivity index (χ1v) is 8.66. The maximum absolute atomic E-state index is 12.9. The van der Waals surface area contributed by atoms with Crippen molar-refractivity contribution in [2.24, 2.45) is 0 Å². The SMILES string of the molecule is N#Cc1ccc(Cl)cc1S(=O)(=O)N1C2CCC1CC(O)C2. The average molecular weight is 327 g/mol. The molecule has 1 aromatic rings. The normalized spacial score (nSPS) is 29.3. The van der Waals surface area contributed by atoms with Gasteiger partial charge in [0.05, 0.1) is 11.7 Å². The van der Waals surface area contributed by atoms with Gasteiger partial charge in [0.15, 0.2) is 0 Å². The van der Waals surface area contributed by atoms with Crippen molar-refractivity contribution < 1.29 is 13.5 Å². The molecule has 3 rings (SSSR count). The van der Waals surface area contributed by atoms with Crippen LogP contribution in [0, 0.1) is 11.3 Å². The number of sulfonamides is 1. The predicted octanol–water partition coefficient (Wildman–Crippen LogP) is 1.89. The minimum atomic E-state index is -3.77. The van der Waals surface area contributed by atoms with Crippen molar-refractivity contribution in [3.63, 3.8) is 0 Å². The number of hydrogen-bond donors (Lipinski definition) is 1. The zero-order chi connectivity index (χ0) is 15.2. The first-order chi connectivity index (χ1) is 9.93. The molecule has 0 spiro atoms. The van der Waals surface area contributed by atoms with Gasteiger partial charge in [-0.1, -0.05) is 11.6 Å². The molecule has 2 atom stereocenters. The Morgan fingerprint density at radius 1 is 1.29 bits per heavy atom. The van der Waals surface area contributed by atoms with Crippen LogP contribution in [0.1, 0.15) is 31.2 Å². The van der Waals surface area contributed by atoms with Crippen molar-refractivity contribution in [1.82, 2.24) is 4.31 Å². The highest BCUT2D eigenvalue weighted by molar-refractivity contribution is 7.89. The number of fused-ring (bicyclic) bond motifs is 2. The molecular weight excluding hydrogens is 312 g/mol. The molecule has 2 heterocycles. The van der Waals surface area contributed by atoms with Gasteiger partial charge in [-0.15, -0.1) is 0 Å². The number of benzene rings is 1. The maximum Gasteiger partial charge on any atom is 0.244 e. The van der Waals surface area contributed by atoms with Crippen molar-refractivity contribution in [2.45, 2.75) is 48.8 Å². The summed E-state index contributed by atoms with van der Waals surface area (Å²) in [6.45, 7) is 0. The van der Waals surface area contributed by atoms with Crippen LogP contribution in [0.5, 0.6) is 0 Å². The Hall–Kier alpha value is -1.13. The number of piperidine rings is 1. The van der Waals surface area contributed by atoms with Crippen LogP contribution in [0.4, 0.5) is 0 Å². The summed E-state index contributed by atoms with van der Waals surface area (Å²) in [4.78, 5) is -0.0363. The molecule has 0 radical (unpaired) electrons. The lowest BCUT2D eigenvalue weighted by atomic mass is 10.0. The van der Waals surface area contributed by atoms with E-state index in [9.17, 15) is 13.5 Å². The summed E-state index contributed by atoms with van der Waals surface area (Å²) in [7, 11) is -3.77. The average Bonchev–Trinajstić information content (AvgIpc) is 2.72. The first-order valence-electron chi connectivity index (χ1n) is 6.84. The van der Waals surface area contributed by atoms with E-state index >= 15 is 0 Å². The smallest absolute Gasteiger partial charge is 0.244 e. The quantitative estimate of drug-likeness (QED) is 0.899. The van der Waals surface area contributed by atoms with Crippen molar-refractivity contribution >= 4 is 21.6 Å². The molecule has 1 aromatic carbocycles. The van der Waals surface area contributed by atoms with Gasteiger partial charge >= 0.3 is 0 Å². The summed E-state index contributed by atoms with van der Waals surface area (Å²) in [5.74, 6) is 0. The van der Waals surface area contributed by atoms with Crippen LogP contribution in [0.25, 0.3) is 0 Å². The van der Waals surface area contributed by atoms with Crippen molar-refractivity contribution in [3.05, 3.63) is 28.8 Å². The fourth-order valence-corrected chi connectivity index (χ4v) is 5.71. The number of aliphatic hydroxyl groups is 1. The molecule has 21 heavy (non-hydrogen) atoms. The fourth-order valence-electron chi connectivity index (χ4n) is 3.41. The third-order valence-corrected chi connectivity index (χ3v) is 6.54. The Bertz CT molecular complexity index is 699. The maximum atomic E-state index is 12.9. The van der Waals surface area contributed by atoms with Gasteiger partial charge in [-0.3, -0.25) is 0 Å². The zero-order valence-electron chi connectivity index (χ0n) is 11.2. The summed E-state index contributed by atoms with van der Waals surface area (Å²) in [6, 6.07) is 5.81. The lowest BCUT2D eigenvalue weighted by Crippen LogP contribution is -2.48.